The van der Waals surface area contributed by atoms with Crippen molar-refractivity contribution in [3.05, 3.63) is 69.8 Å². The molecule has 9 nitrogen and oxygen atoms in total. The highest BCUT2D eigenvalue weighted by molar-refractivity contribution is 5.94. The number of non-ortho nitro benzene ring substituents is 1. The predicted molar refractivity (Wildman–Crippen MR) is 113 cm³/mol. The summed E-state index contributed by atoms with van der Waals surface area (Å²) in [7, 11) is 0. The van der Waals surface area contributed by atoms with Crippen molar-refractivity contribution in [2.45, 2.75) is 32.6 Å². The Morgan fingerprint density at radius 2 is 1.71 bits per heavy atom. The lowest BCUT2D eigenvalue weighted by molar-refractivity contribution is -0.384. The maximum Gasteiger partial charge on any atom is 0.269 e. The van der Waals surface area contributed by atoms with Crippen molar-refractivity contribution < 1.29 is 24.0 Å². The van der Waals surface area contributed by atoms with E-state index in [4.69, 9.17) is 9.47 Å². The number of carbonyl (C=O) groups is 2. The van der Waals surface area contributed by atoms with Crippen molar-refractivity contribution in [3.8, 4) is 5.75 Å². The molecule has 9 heteroatoms. The van der Waals surface area contributed by atoms with Crippen LogP contribution in [0.5, 0.6) is 5.75 Å². The summed E-state index contributed by atoms with van der Waals surface area (Å²) in [5, 5.41) is 13.4. The monoisotopic (exact) mass is 427 g/mol. The first kappa shape index (κ1) is 22.2. The molecular formula is C22H25N3O6. The van der Waals surface area contributed by atoms with Crippen molar-refractivity contribution in [2.24, 2.45) is 0 Å². The van der Waals surface area contributed by atoms with E-state index >= 15 is 0 Å². The molecule has 0 aliphatic carbocycles. The second-order valence-electron chi connectivity index (χ2n) is 7.48. The van der Waals surface area contributed by atoms with E-state index in [1.165, 1.54) is 24.3 Å². The third-order valence-corrected chi connectivity index (χ3v) is 4.81. The van der Waals surface area contributed by atoms with Crippen LogP contribution < -0.4 is 10.1 Å². The van der Waals surface area contributed by atoms with Crippen LogP contribution in [0.15, 0.2) is 48.5 Å². The number of hydrogen-bond acceptors (Lipinski definition) is 6. The van der Waals surface area contributed by atoms with E-state index in [1.807, 2.05) is 13.8 Å². The highest BCUT2D eigenvalue weighted by Gasteiger charge is 2.26. The van der Waals surface area contributed by atoms with Crippen LogP contribution in [-0.2, 0) is 16.1 Å². The number of benzene rings is 2. The Balaban J connectivity index is 1.45. The average molecular weight is 427 g/mol. The molecule has 1 heterocycles. The smallest absolute Gasteiger partial charge is 0.269 e. The second kappa shape index (κ2) is 10.0. The van der Waals surface area contributed by atoms with Gasteiger partial charge in [-0.15, -0.1) is 0 Å². The molecule has 0 bridgehead atoms. The Morgan fingerprint density at radius 3 is 2.29 bits per heavy atom. The zero-order valence-corrected chi connectivity index (χ0v) is 17.4. The third kappa shape index (κ3) is 6.26. The molecule has 2 aromatic carbocycles. The van der Waals surface area contributed by atoms with Crippen LogP contribution in [0, 0.1) is 10.1 Å². The van der Waals surface area contributed by atoms with Crippen molar-refractivity contribution in [2.75, 3.05) is 19.7 Å². The number of hydrogen-bond donors (Lipinski definition) is 1. The molecule has 31 heavy (non-hydrogen) atoms. The summed E-state index contributed by atoms with van der Waals surface area (Å²) in [6, 6.07) is 12.6. The maximum atomic E-state index is 12.7. The van der Waals surface area contributed by atoms with Crippen LogP contribution in [0.1, 0.15) is 29.8 Å². The van der Waals surface area contributed by atoms with Crippen LogP contribution >= 0.6 is 0 Å². The number of rotatable bonds is 7. The van der Waals surface area contributed by atoms with E-state index in [0.717, 1.165) is 5.56 Å². The highest BCUT2D eigenvalue weighted by Crippen LogP contribution is 2.17. The normalized spacial score (nSPS) is 18.3. The fraction of sp³-hybridized carbons (Fsp3) is 0.364. The second-order valence-corrected chi connectivity index (χ2v) is 7.48. The predicted octanol–water partition coefficient (Wildman–Crippen LogP) is 2.54. The number of carbonyl (C=O) groups excluding carboxylic acids is 2. The Labute approximate surface area is 180 Å². The van der Waals surface area contributed by atoms with Gasteiger partial charge in [0.15, 0.2) is 6.61 Å². The molecular weight excluding hydrogens is 402 g/mol. The fourth-order valence-electron chi connectivity index (χ4n) is 3.36. The zero-order valence-electron chi connectivity index (χ0n) is 17.4. The van der Waals surface area contributed by atoms with Crippen LogP contribution in [-0.4, -0.2) is 53.5 Å². The standard InChI is InChI=1S/C22H25N3O6/c1-15-12-24(13-16(2)31-15)22(27)18-5-3-17(4-6-18)11-23-21(26)14-30-20-9-7-19(8-10-20)25(28)29/h3-10,15-16H,11-14H2,1-2H3,(H,23,26). The Bertz CT molecular complexity index is 919. The quantitative estimate of drug-likeness (QED) is 0.537. The SMILES string of the molecule is CC1CN(C(=O)c2ccc(CNC(=O)COc3ccc([N+](=O)[O-])cc3)cc2)CC(C)O1. The molecule has 1 saturated heterocycles. The maximum absolute atomic E-state index is 12.7. The lowest BCUT2D eigenvalue weighted by Gasteiger charge is -2.35. The third-order valence-electron chi connectivity index (χ3n) is 4.81. The summed E-state index contributed by atoms with van der Waals surface area (Å²) in [6.45, 7) is 5.12. The molecule has 2 unspecified atom stereocenters. The summed E-state index contributed by atoms with van der Waals surface area (Å²) < 4.78 is 11.0. The molecule has 0 aromatic heterocycles. The topological polar surface area (TPSA) is 111 Å². The number of amides is 2. The van der Waals surface area contributed by atoms with E-state index in [9.17, 15) is 19.7 Å². The first-order valence-corrected chi connectivity index (χ1v) is 9.99. The van der Waals surface area contributed by atoms with Crippen LogP contribution in [0.3, 0.4) is 0 Å². The molecule has 0 spiro atoms. The van der Waals surface area contributed by atoms with Crippen molar-refractivity contribution in [1.29, 1.82) is 0 Å². The summed E-state index contributed by atoms with van der Waals surface area (Å²) in [6.07, 6.45) is 0.0193. The van der Waals surface area contributed by atoms with Gasteiger partial charge in [-0.1, -0.05) is 12.1 Å². The highest BCUT2D eigenvalue weighted by atomic mass is 16.6. The lowest BCUT2D eigenvalue weighted by atomic mass is 10.1. The fourth-order valence-corrected chi connectivity index (χ4v) is 3.36. The van der Waals surface area contributed by atoms with Crippen molar-refractivity contribution >= 4 is 17.5 Å². The molecule has 0 saturated carbocycles. The Kier molecular flexibility index (Phi) is 7.19. The van der Waals surface area contributed by atoms with Gasteiger partial charge in [0.2, 0.25) is 0 Å². The van der Waals surface area contributed by atoms with Crippen molar-refractivity contribution in [3.63, 3.8) is 0 Å². The molecule has 2 amide bonds. The summed E-state index contributed by atoms with van der Waals surface area (Å²) in [5.41, 5.74) is 1.40. The van der Waals surface area contributed by atoms with Gasteiger partial charge in [0.05, 0.1) is 17.1 Å². The van der Waals surface area contributed by atoms with Crippen LogP contribution in [0.2, 0.25) is 0 Å². The van der Waals surface area contributed by atoms with E-state index < -0.39 is 4.92 Å². The van der Waals surface area contributed by atoms with Crippen molar-refractivity contribution in [1.82, 2.24) is 10.2 Å². The summed E-state index contributed by atoms with van der Waals surface area (Å²) in [5.74, 6) is 0.0132. The van der Waals surface area contributed by atoms with Gasteiger partial charge in [-0.2, -0.15) is 0 Å². The first-order valence-electron chi connectivity index (χ1n) is 9.99. The molecule has 0 radical (unpaired) electrons. The number of morpholine rings is 1. The molecule has 1 fully saturated rings. The molecule has 2 atom stereocenters. The molecule has 3 rings (SSSR count). The summed E-state index contributed by atoms with van der Waals surface area (Å²) in [4.78, 5) is 36.6. The van der Waals surface area contributed by atoms with E-state index in [1.54, 1.807) is 29.2 Å². The summed E-state index contributed by atoms with van der Waals surface area (Å²) >= 11 is 0. The van der Waals surface area contributed by atoms with Gasteiger partial charge in [-0.3, -0.25) is 19.7 Å². The molecule has 1 aliphatic heterocycles. The molecule has 2 aromatic rings. The largest absolute Gasteiger partial charge is 0.484 e. The molecule has 164 valence electrons. The van der Waals surface area contributed by atoms with Gasteiger partial charge >= 0.3 is 0 Å². The van der Waals surface area contributed by atoms with E-state index in [0.29, 0.717) is 30.9 Å². The van der Waals surface area contributed by atoms with Crippen LogP contribution in [0.4, 0.5) is 5.69 Å². The minimum absolute atomic E-state index is 0.00964. The average Bonchev–Trinajstić information content (AvgIpc) is 2.75. The van der Waals surface area contributed by atoms with Gasteiger partial charge < -0.3 is 19.7 Å². The van der Waals surface area contributed by atoms with E-state index in [2.05, 4.69) is 5.32 Å². The number of nitro benzene ring substituents is 1. The first-order chi connectivity index (χ1) is 14.8. The number of nitro groups is 1. The van der Waals surface area contributed by atoms with Gasteiger partial charge in [0.1, 0.15) is 5.75 Å². The minimum atomic E-state index is -0.503. The van der Waals surface area contributed by atoms with Gasteiger partial charge in [-0.25, -0.2) is 0 Å². The Hall–Kier alpha value is -3.46. The van der Waals surface area contributed by atoms with Gasteiger partial charge in [0, 0.05) is 37.3 Å². The zero-order chi connectivity index (χ0) is 22.4. The van der Waals surface area contributed by atoms with E-state index in [-0.39, 0.29) is 36.3 Å². The lowest BCUT2D eigenvalue weighted by Crippen LogP contribution is -2.48. The van der Waals surface area contributed by atoms with Gasteiger partial charge in [-0.05, 0) is 43.7 Å². The number of nitrogens with one attached hydrogen (secondary N) is 1. The molecule has 1 N–H and O–H groups in total. The number of nitrogens with zero attached hydrogens (tertiary/aromatic N) is 2. The molecule has 1 aliphatic rings. The van der Waals surface area contributed by atoms with Gasteiger partial charge in [0.25, 0.3) is 17.5 Å². The minimum Gasteiger partial charge on any atom is -0.484 e. The number of ether oxygens (including phenoxy) is 2. The van der Waals surface area contributed by atoms with Crippen LogP contribution in [0.25, 0.3) is 0 Å². The Morgan fingerprint density at radius 1 is 1.10 bits per heavy atom.